The Labute approximate surface area is 130 Å². The van der Waals surface area contributed by atoms with Gasteiger partial charge in [-0.2, -0.15) is 0 Å². The average molecular weight is 309 g/mol. The maximum absolute atomic E-state index is 12.4. The minimum Gasteiger partial charge on any atom is -0.341 e. The molecule has 0 bridgehead atoms. The van der Waals surface area contributed by atoms with Crippen LogP contribution in [0.5, 0.6) is 0 Å². The van der Waals surface area contributed by atoms with E-state index >= 15 is 0 Å². The molecule has 1 aromatic heterocycles. The van der Waals surface area contributed by atoms with Crippen LogP contribution >= 0.6 is 11.3 Å². The van der Waals surface area contributed by atoms with Crippen LogP contribution in [0.15, 0.2) is 5.38 Å². The van der Waals surface area contributed by atoms with Crippen molar-refractivity contribution in [1.29, 1.82) is 0 Å². The first kappa shape index (κ1) is 15.9. The number of amides is 2. The highest BCUT2D eigenvalue weighted by Crippen LogP contribution is 2.13. The number of thiazole rings is 1. The van der Waals surface area contributed by atoms with Gasteiger partial charge in [0.25, 0.3) is 0 Å². The van der Waals surface area contributed by atoms with Gasteiger partial charge in [0.1, 0.15) is 0 Å². The summed E-state index contributed by atoms with van der Waals surface area (Å²) in [4.78, 5) is 32.3. The van der Waals surface area contributed by atoms with Gasteiger partial charge in [0, 0.05) is 38.0 Å². The van der Waals surface area contributed by atoms with Gasteiger partial charge in [0.2, 0.25) is 11.8 Å². The van der Waals surface area contributed by atoms with E-state index in [2.05, 4.69) is 11.9 Å². The smallest absolute Gasteiger partial charge is 0.228 e. The number of aryl methyl sites for hydroxylation is 1. The van der Waals surface area contributed by atoms with Crippen molar-refractivity contribution in [3.63, 3.8) is 0 Å². The molecule has 1 aromatic rings. The second-order valence-electron chi connectivity index (χ2n) is 5.23. The summed E-state index contributed by atoms with van der Waals surface area (Å²) in [7, 11) is 0. The Hall–Kier alpha value is -1.43. The van der Waals surface area contributed by atoms with Gasteiger partial charge in [-0.15, -0.1) is 11.3 Å². The lowest BCUT2D eigenvalue weighted by Gasteiger charge is -2.21. The minimum atomic E-state index is 0.119. The molecule has 0 N–H and O–H groups in total. The molecule has 0 aromatic carbocycles. The van der Waals surface area contributed by atoms with Crippen LogP contribution in [0.1, 0.15) is 37.4 Å². The van der Waals surface area contributed by atoms with Crippen LogP contribution in [0.2, 0.25) is 0 Å². The molecule has 2 heterocycles. The van der Waals surface area contributed by atoms with Gasteiger partial charge in [-0.05, 0) is 12.8 Å². The predicted molar refractivity (Wildman–Crippen MR) is 83.3 cm³/mol. The summed E-state index contributed by atoms with van der Waals surface area (Å²) in [6.45, 7) is 6.72. The third-order valence-electron chi connectivity index (χ3n) is 3.74. The van der Waals surface area contributed by atoms with Gasteiger partial charge in [-0.25, -0.2) is 4.98 Å². The van der Waals surface area contributed by atoms with Crippen LogP contribution in [0.25, 0.3) is 0 Å². The normalized spacial score (nSPS) is 15.9. The van der Waals surface area contributed by atoms with Crippen molar-refractivity contribution in [1.82, 2.24) is 14.8 Å². The van der Waals surface area contributed by atoms with Gasteiger partial charge in [-0.3, -0.25) is 9.59 Å². The Bertz CT molecular complexity index is 501. The highest BCUT2D eigenvalue weighted by atomic mass is 32.1. The first-order valence-corrected chi connectivity index (χ1v) is 8.50. The molecule has 2 rings (SSSR count). The molecule has 116 valence electrons. The van der Waals surface area contributed by atoms with E-state index in [0.29, 0.717) is 25.9 Å². The highest BCUT2D eigenvalue weighted by molar-refractivity contribution is 7.09. The van der Waals surface area contributed by atoms with E-state index in [1.165, 1.54) is 0 Å². The summed E-state index contributed by atoms with van der Waals surface area (Å²) in [5, 5.41) is 3.05. The van der Waals surface area contributed by atoms with Crippen molar-refractivity contribution in [3.8, 4) is 0 Å². The summed E-state index contributed by atoms with van der Waals surface area (Å²) in [6.07, 6.45) is 2.68. The number of hydrogen-bond donors (Lipinski definition) is 0. The lowest BCUT2D eigenvalue weighted by Crippen LogP contribution is -2.37. The average Bonchev–Trinajstić information content (AvgIpc) is 2.80. The molecule has 1 saturated heterocycles. The Kier molecular flexibility index (Phi) is 5.73. The first-order valence-electron chi connectivity index (χ1n) is 7.62. The minimum absolute atomic E-state index is 0.119. The molecule has 2 amide bonds. The molecular weight excluding hydrogens is 286 g/mol. The van der Waals surface area contributed by atoms with Crippen LogP contribution < -0.4 is 0 Å². The van der Waals surface area contributed by atoms with Gasteiger partial charge in [0.15, 0.2) is 0 Å². The molecule has 0 spiro atoms. The van der Waals surface area contributed by atoms with Crippen molar-refractivity contribution in [2.24, 2.45) is 0 Å². The first-order chi connectivity index (χ1) is 10.1. The quantitative estimate of drug-likeness (QED) is 0.851. The van der Waals surface area contributed by atoms with Crippen molar-refractivity contribution in [2.45, 2.75) is 39.5 Å². The molecular formula is C15H23N3O2S. The van der Waals surface area contributed by atoms with Gasteiger partial charge >= 0.3 is 0 Å². The monoisotopic (exact) mass is 309 g/mol. The van der Waals surface area contributed by atoms with E-state index in [9.17, 15) is 9.59 Å². The molecule has 0 saturated carbocycles. The van der Waals surface area contributed by atoms with E-state index in [-0.39, 0.29) is 11.8 Å². The summed E-state index contributed by atoms with van der Waals surface area (Å²) in [5.41, 5.74) is 0.868. The molecule has 0 radical (unpaired) electrons. The Morgan fingerprint density at radius 2 is 1.81 bits per heavy atom. The molecule has 1 fully saturated rings. The summed E-state index contributed by atoms with van der Waals surface area (Å²) in [5.74, 6) is 0.296. The fraction of sp³-hybridized carbons (Fsp3) is 0.667. The Balaban J connectivity index is 1.89. The summed E-state index contributed by atoms with van der Waals surface area (Å²) < 4.78 is 0. The fourth-order valence-electron chi connectivity index (χ4n) is 2.50. The molecule has 0 atom stereocenters. The van der Waals surface area contributed by atoms with Crippen molar-refractivity contribution < 1.29 is 9.59 Å². The number of hydrogen-bond acceptors (Lipinski definition) is 4. The van der Waals surface area contributed by atoms with E-state index < -0.39 is 0 Å². The lowest BCUT2D eigenvalue weighted by atomic mass is 10.3. The van der Waals surface area contributed by atoms with Gasteiger partial charge in [-0.1, -0.05) is 13.8 Å². The Morgan fingerprint density at radius 1 is 1.14 bits per heavy atom. The molecule has 1 aliphatic rings. The fourth-order valence-corrected chi connectivity index (χ4v) is 3.24. The number of nitrogens with zero attached hydrogens (tertiary/aromatic N) is 3. The summed E-state index contributed by atoms with van der Waals surface area (Å²) in [6, 6.07) is 0. The largest absolute Gasteiger partial charge is 0.341 e. The SMILES string of the molecule is CCC(=O)N1CCCN(C(=O)Cc2csc(CC)n2)CC1. The van der Waals surface area contributed by atoms with Crippen LogP contribution in [0.4, 0.5) is 0 Å². The summed E-state index contributed by atoms with van der Waals surface area (Å²) >= 11 is 1.61. The van der Waals surface area contributed by atoms with E-state index in [0.717, 1.165) is 36.6 Å². The molecule has 6 heteroatoms. The molecule has 5 nitrogen and oxygen atoms in total. The van der Waals surface area contributed by atoms with Gasteiger partial charge in [0.05, 0.1) is 17.1 Å². The van der Waals surface area contributed by atoms with Crippen LogP contribution in [-0.2, 0) is 22.4 Å². The second-order valence-corrected chi connectivity index (χ2v) is 6.17. The zero-order valence-electron chi connectivity index (χ0n) is 12.8. The zero-order valence-corrected chi connectivity index (χ0v) is 13.6. The third kappa shape index (κ3) is 4.27. The van der Waals surface area contributed by atoms with Crippen molar-refractivity contribution in [3.05, 3.63) is 16.1 Å². The maximum atomic E-state index is 12.4. The highest BCUT2D eigenvalue weighted by Gasteiger charge is 2.21. The second kappa shape index (κ2) is 7.54. The van der Waals surface area contributed by atoms with E-state index in [1.54, 1.807) is 11.3 Å². The standard InChI is InChI=1S/C15H23N3O2S/c1-3-13-16-12(11-21-13)10-15(20)18-7-5-6-17(8-9-18)14(19)4-2/h11H,3-10H2,1-2H3. The van der Waals surface area contributed by atoms with Crippen molar-refractivity contribution in [2.75, 3.05) is 26.2 Å². The van der Waals surface area contributed by atoms with Crippen LogP contribution in [0, 0.1) is 0 Å². The number of rotatable bonds is 4. The van der Waals surface area contributed by atoms with Crippen molar-refractivity contribution >= 4 is 23.2 Å². The topological polar surface area (TPSA) is 53.5 Å². The molecule has 1 aliphatic heterocycles. The van der Waals surface area contributed by atoms with Crippen LogP contribution in [0.3, 0.4) is 0 Å². The molecule has 0 unspecified atom stereocenters. The third-order valence-corrected chi connectivity index (χ3v) is 4.78. The zero-order chi connectivity index (χ0) is 15.2. The number of carbonyl (C=O) groups is 2. The number of aromatic nitrogens is 1. The lowest BCUT2D eigenvalue weighted by molar-refractivity contribution is -0.133. The van der Waals surface area contributed by atoms with E-state index in [1.807, 2.05) is 22.1 Å². The molecule has 21 heavy (non-hydrogen) atoms. The van der Waals surface area contributed by atoms with Gasteiger partial charge < -0.3 is 9.80 Å². The maximum Gasteiger partial charge on any atom is 0.228 e. The van der Waals surface area contributed by atoms with Crippen LogP contribution in [-0.4, -0.2) is 52.8 Å². The predicted octanol–water partition coefficient (Wildman–Crippen LogP) is 1.72. The van der Waals surface area contributed by atoms with E-state index in [4.69, 9.17) is 0 Å². The number of carbonyl (C=O) groups excluding carboxylic acids is 2. The Morgan fingerprint density at radius 3 is 2.38 bits per heavy atom. The molecule has 0 aliphatic carbocycles.